The molecule has 2 N–H and O–H groups in total. The number of nitrogens with one attached hydrogen (secondary N) is 2. The zero-order valence-corrected chi connectivity index (χ0v) is 19.4. The predicted octanol–water partition coefficient (Wildman–Crippen LogP) is 5.33. The molecule has 1 heterocycles. The lowest BCUT2D eigenvalue weighted by atomic mass is 10.2. The van der Waals surface area contributed by atoms with Crippen LogP contribution in [-0.2, 0) is 13.1 Å². The molecule has 0 aliphatic rings. The summed E-state index contributed by atoms with van der Waals surface area (Å²) in [4.78, 5) is 17.4. The van der Waals surface area contributed by atoms with Crippen molar-refractivity contribution in [3.05, 3.63) is 80.5 Å². The van der Waals surface area contributed by atoms with Gasteiger partial charge in [-0.1, -0.05) is 33.6 Å². The second kappa shape index (κ2) is 9.91. The van der Waals surface area contributed by atoms with Crippen LogP contribution in [0.4, 0.5) is 5.69 Å². The number of aromatic nitrogens is 2. The summed E-state index contributed by atoms with van der Waals surface area (Å²) in [6.07, 6.45) is 0. The maximum Gasteiger partial charge on any atom is 0.258 e. The number of nitrogens with zero attached hydrogens (tertiary/aromatic N) is 3. The average Bonchev–Trinajstić information content (AvgIpc) is 3.00. The summed E-state index contributed by atoms with van der Waals surface area (Å²) in [5.41, 5.74) is 4.31. The van der Waals surface area contributed by atoms with Gasteiger partial charge in [0, 0.05) is 38.5 Å². The van der Waals surface area contributed by atoms with Crippen LogP contribution < -0.4 is 10.6 Å². The van der Waals surface area contributed by atoms with E-state index in [0.29, 0.717) is 23.1 Å². The van der Waals surface area contributed by atoms with Crippen LogP contribution in [0.25, 0.3) is 0 Å². The van der Waals surface area contributed by atoms with E-state index in [4.69, 9.17) is 11.6 Å². The predicted molar refractivity (Wildman–Crippen MR) is 125 cm³/mol. The molecule has 156 valence electrons. The number of carbonyl (C=O) groups is 1. The Kier molecular flexibility index (Phi) is 7.29. The van der Waals surface area contributed by atoms with Crippen LogP contribution in [0.3, 0.4) is 0 Å². The van der Waals surface area contributed by atoms with Crippen molar-refractivity contribution in [3.8, 4) is 0 Å². The molecule has 1 amide bonds. The maximum absolute atomic E-state index is 12.7. The van der Waals surface area contributed by atoms with Gasteiger partial charge in [-0.15, -0.1) is 0 Å². The standard InChI is InChI=1S/C22H23BrClN5O/c1-4-29-15(3)20(14(2)28-29)13-25-22(26-19-10-8-17(23)9-11-19)27-21(30)16-6-5-7-18(24)12-16/h5-12H,4,13H2,1-3H3,(H2,25,26,27,30). The Morgan fingerprint density at radius 3 is 2.57 bits per heavy atom. The quantitative estimate of drug-likeness (QED) is 0.376. The average molecular weight is 489 g/mol. The number of guanidine groups is 1. The number of halogens is 2. The van der Waals surface area contributed by atoms with Crippen molar-refractivity contribution < 1.29 is 4.79 Å². The number of amides is 1. The minimum absolute atomic E-state index is 0.293. The van der Waals surface area contributed by atoms with E-state index >= 15 is 0 Å². The summed E-state index contributed by atoms with van der Waals surface area (Å²) in [6.45, 7) is 7.24. The molecular formula is C22H23BrClN5O. The largest absolute Gasteiger partial charge is 0.326 e. The molecule has 0 saturated carbocycles. The first-order valence-electron chi connectivity index (χ1n) is 9.54. The van der Waals surface area contributed by atoms with Crippen LogP contribution in [-0.4, -0.2) is 21.6 Å². The van der Waals surface area contributed by atoms with Gasteiger partial charge >= 0.3 is 0 Å². The summed E-state index contributed by atoms with van der Waals surface area (Å²) >= 11 is 9.45. The molecule has 8 heteroatoms. The SMILES string of the molecule is CCn1nc(C)c(CN=C(NC(=O)c2cccc(Cl)c2)Nc2ccc(Br)cc2)c1C. The van der Waals surface area contributed by atoms with Crippen molar-refractivity contribution in [2.45, 2.75) is 33.9 Å². The molecule has 30 heavy (non-hydrogen) atoms. The Labute approximate surface area is 189 Å². The van der Waals surface area contributed by atoms with Crippen molar-refractivity contribution in [1.29, 1.82) is 0 Å². The lowest BCUT2D eigenvalue weighted by Crippen LogP contribution is -2.36. The summed E-state index contributed by atoms with van der Waals surface area (Å²) in [6, 6.07) is 14.4. The van der Waals surface area contributed by atoms with Crippen molar-refractivity contribution in [3.63, 3.8) is 0 Å². The molecule has 0 fully saturated rings. The highest BCUT2D eigenvalue weighted by molar-refractivity contribution is 9.10. The summed E-state index contributed by atoms with van der Waals surface area (Å²) < 4.78 is 2.92. The molecular weight excluding hydrogens is 466 g/mol. The molecule has 0 atom stereocenters. The van der Waals surface area contributed by atoms with Crippen molar-refractivity contribution in [1.82, 2.24) is 15.1 Å². The zero-order chi connectivity index (χ0) is 21.7. The number of benzene rings is 2. The lowest BCUT2D eigenvalue weighted by molar-refractivity contribution is 0.0977. The highest BCUT2D eigenvalue weighted by atomic mass is 79.9. The first-order valence-corrected chi connectivity index (χ1v) is 10.7. The highest BCUT2D eigenvalue weighted by Gasteiger charge is 2.13. The number of aliphatic imine (C=N–C) groups is 1. The lowest BCUT2D eigenvalue weighted by Gasteiger charge is -2.12. The molecule has 0 spiro atoms. The Bertz CT molecular complexity index is 1080. The number of hydrogen-bond donors (Lipinski definition) is 2. The monoisotopic (exact) mass is 487 g/mol. The fourth-order valence-electron chi connectivity index (χ4n) is 3.02. The van der Waals surface area contributed by atoms with E-state index in [9.17, 15) is 4.79 Å². The van der Waals surface area contributed by atoms with Crippen LogP contribution in [0.15, 0.2) is 58.0 Å². The van der Waals surface area contributed by atoms with Gasteiger partial charge in [0.15, 0.2) is 0 Å². The van der Waals surface area contributed by atoms with Gasteiger partial charge < -0.3 is 5.32 Å². The molecule has 2 aromatic carbocycles. The topological polar surface area (TPSA) is 71.3 Å². The van der Waals surface area contributed by atoms with Gasteiger partial charge in [-0.3, -0.25) is 14.8 Å². The van der Waals surface area contributed by atoms with E-state index in [1.165, 1.54) is 0 Å². The van der Waals surface area contributed by atoms with Crippen LogP contribution in [0.2, 0.25) is 5.02 Å². The first-order chi connectivity index (χ1) is 14.4. The van der Waals surface area contributed by atoms with Crippen LogP contribution in [0, 0.1) is 13.8 Å². The molecule has 0 aliphatic heterocycles. The molecule has 1 aromatic heterocycles. The fraction of sp³-hybridized carbons (Fsp3) is 0.227. The number of anilines is 1. The molecule has 3 rings (SSSR count). The number of hydrogen-bond acceptors (Lipinski definition) is 3. The third kappa shape index (κ3) is 5.49. The van der Waals surface area contributed by atoms with E-state index in [2.05, 4.69) is 43.6 Å². The third-order valence-corrected chi connectivity index (χ3v) is 5.42. The van der Waals surface area contributed by atoms with E-state index in [1.54, 1.807) is 24.3 Å². The summed E-state index contributed by atoms with van der Waals surface area (Å²) in [5, 5.41) is 11.1. The Hall–Kier alpha value is -2.64. The van der Waals surface area contributed by atoms with E-state index in [-0.39, 0.29) is 5.91 Å². The highest BCUT2D eigenvalue weighted by Crippen LogP contribution is 2.16. The smallest absolute Gasteiger partial charge is 0.258 e. The summed E-state index contributed by atoms with van der Waals surface area (Å²) in [5.74, 6) is 0.0592. The maximum atomic E-state index is 12.7. The molecule has 3 aromatic rings. The van der Waals surface area contributed by atoms with Crippen LogP contribution >= 0.6 is 27.5 Å². The third-order valence-electron chi connectivity index (χ3n) is 4.65. The zero-order valence-electron chi connectivity index (χ0n) is 17.0. The Balaban J connectivity index is 1.86. The van der Waals surface area contributed by atoms with Crippen molar-refractivity contribution >= 4 is 45.1 Å². The van der Waals surface area contributed by atoms with Gasteiger partial charge in [0.05, 0.1) is 12.2 Å². The van der Waals surface area contributed by atoms with Crippen molar-refractivity contribution in [2.75, 3.05) is 5.32 Å². The molecule has 6 nitrogen and oxygen atoms in total. The minimum Gasteiger partial charge on any atom is -0.326 e. The molecule has 0 unspecified atom stereocenters. The van der Waals surface area contributed by atoms with E-state index in [1.807, 2.05) is 42.8 Å². The summed E-state index contributed by atoms with van der Waals surface area (Å²) in [7, 11) is 0. The second-order valence-electron chi connectivity index (χ2n) is 6.73. The number of carbonyl (C=O) groups excluding carboxylic acids is 1. The number of rotatable bonds is 5. The Morgan fingerprint density at radius 1 is 1.20 bits per heavy atom. The first kappa shape index (κ1) is 22.1. The van der Waals surface area contributed by atoms with Gasteiger partial charge in [-0.2, -0.15) is 5.10 Å². The Morgan fingerprint density at radius 2 is 1.93 bits per heavy atom. The normalized spacial score (nSPS) is 11.4. The van der Waals surface area contributed by atoms with Gasteiger partial charge in [0.25, 0.3) is 5.91 Å². The van der Waals surface area contributed by atoms with E-state index < -0.39 is 0 Å². The molecule has 0 saturated heterocycles. The number of aryl methyl sites for hydroxylation is 2. The minimum atomic E-state index is -0.293. The molecule has 0 aliphatic carbocycles. The van der Waals surface area contributed by atoms with Gasteiger partial charge in [0.2, 0.25) is 5.96 Å². The van der Waals surface area contributed by atoms with Crippen LogP contribution in [0.5, 0.6) is 0 Å². The van der Waals surface area contributed by atoms with Gasteiger partial charge in [-0.25, -0.2) is 4.99 Å². The molecule has 0 bridgehead atoms. The van der Waals surface area contributed by atoms with E-state index in [0.717, 1.165) is 33.7 Å². The second-order valence-corrected chi connectivity index (χ2v) is 8.08. The van der Waals surface area contributed by atoms with Crippen molar-refractivity contribution in [2.24, 2.45) is 4.99 Å². The van der Waals surface area contributed by atoms with Crippen LogP contribution in [0.1, 0.15) is 34.2 Å². The molecule has 0 radical (unpaired) electrons. The van der Waals surface area contributed by atoms with Gasteiger partial charge in [0.1, 0.15) is 0 Å². The fourth-order valence-corrected chi connectivity index (χ4v) is 3.47. The van der Waals surface area contributed by atoms with Gasteiger partial charge in [-0.05, 0) is 63.2 Å².